The zero-order valence-corrected chi connectivity index (χ0v) is 41.7. The van der Waals surface area contributed by atoms with E-state index < -0.39 is 10.8 Å². The molecule has 0 spiro atoms. The summed E-state index contributed by atoms with van der Waals surface area (Å²) >= 11 is 0. The van der Waals surface area contributed by atoms with Crippen LogP contribution in [0.2, 0.25) is 0 Å². The maximum absolute atomic E-state index is 2.52. The first-order valence-corrected chi connectivity index (χ1v) is 24.8. The average Bonchev–Trinajstić information content (AvgIpc) is 3.82. The van der Waals surface area contributed by atoms with E-state index in [0.717, 1.165) is 17.1 Å². The van der Waals surface area contributed by atoms with Crippen molar-refractivity contribution >= 4 is 17.1 Å². The molecule has 0 saturated heterocycles. The highest BCUT2D eigenvalue weighted by Gasteiger charge is 2.49. The van der Waals surface area contributed by atoms with Crippen LogP contribution in [0.1, 0.15) is 124 Å². The van der Waals surface area contributed by atoms with E-state index in [1.54, 1.807) is 0 Å². The Hall–Kier alpha value is -7.22. The molecule has 2 aliphatic carbocycles. The van der Waals surface area contributed by atoms with Gasteiger partial charge in [0, 0.05) is 17.1 Å². The predicted octanol–water partition coefficient (Wildman–Crippen LogP) is 17.8. The molecule has 0 heterocycles. The molecule has 0 aromatic heterocycles. The zero-order chi connectivity index (χ0) is 47.9. The average molecular weight is 894 g/mol. The number of hydrogen-bond donors (Lipinski definition) is 0. The van der Waals surface area contributed by atoms with Crippen LogP contribution in [0.15, 0.2) is 218 Å². The lowest BCUT2D eigenvalue weighted by Gasteiger charge is -2.37. The minimum absolute atomic E-state index is 0.0335. The molecule has 0 radical (unpaired) electrons. The Labute approximate surface area is 411 Å². The van der Waals surface area contributed by atoms with E-state index in [-0.39, 0.29) is 16.2 Å². The monoisotopic (exact) mass is 893 g/mol. The van der Waals surface area contributed by atoms with Crippen molar-refractivity contribution in [3.63, 3.8) is 0 Å². The van der Waals surface area contributed by atoms with Gasteiger partial charge in [0.05, 0.1) is 10.8 Å². The van der Waals surface area contributed by atoms with Gasteiger partial charge in [-0.3, -0.25) is 0 Å². The van der Waals surface area contributed by atoms with E-state index in [9.17, 15) is 0 Å². The van der Waals surface area contributed by atoms with E-state index in [1.165, 1.54) is 83.5 Å². The van der Waals surface area contributed by atoms with E-state index >= 15 is 0 Å². The third-order valence-electron chi connectivity index (χ3n) is 15.3. The summed E-state index contributed by atoms with van der Waals surface area (Å²) in [5, 5.41) is 0. The lowest BCUT2D eigenvalue weighted by Crippen LogP contribution is -2.30. The molecule has 1 heteroatoms. The third-order valence-corrected chi connectivity index (χ3v) is 15.3. The van der Waals surface area contributed by atoms with Crippen molar-refractivity contribution < 1.29 is 0 Å². The Morgan fingerprint density at radius 1 is 0.261 bits per heavy atom. The van der Waals surface area contributed by atoms with Crippen LogP contribution in [0.5, 0.6) is 0 Å². The van der Waals surface area contributed by atoms with Gasteiger partial charge in [0.1, 0.15) is 0 Å². The van der Waals surface area contributed by atoms with E-state index in [4.69, 9.17) is 0 Å². The summed E-state index contributed by atoms with van der Waals surface area (Å²) in [6.07, 6.45) is 0. The molecule has 1 atom stereocenters. The van der Waals surface area contributed by atoms with Crippen LogP contribution < -0.4 is 4.90 Å². The van der Waals surface area contributed by atoms with Crippen LogP contribution >= 0.6 is 0 Å². The number of hydrogen-bond acceptors (Lipinski definition) is 1. The third kappa shape index (κ3) is 7.03. The molecule has 2 aliphatic rings. The number of rotatable bonds is 7. The number of para-hydroxylation sites is 1. The van der Waals surface area contributed by atoms with Gasteiger partial charge < -0.3 is 4.90 Å². The summed E-state index contributed by atoms with van der Waals surface area (Å²) in [7, 11) is 0. The molecule has 0 saturated carbocycles. The largest absolute Gasteiger partial charge is 0.310 e. The normalized spacial score (nSPS) is 15.8. The van der Waals surface area contributed by atoms with Crippen LogP contribution in [-0.2, 0) is 27.1 Å². The Morgan fingerprint density at radius 3 is 1.10 bits per heavy atom. The van der Waals surface area contributed by atoms with Crippen molar-refractivity contribution in [1.82, 2.24) is 0 Å². The minimum Gasteiger partial charge on any atom is -0.310 e. The Bertz CT molecular complexity index is 3310. The second kappa shape index (κ2) is 16.2. The number of nitrogens with zero attached hydrogens (tertiary/aromatic N) is 1. The quantitative estimate of drug-likeness (QED) is 0.154. The topological polar surface area (TPSA) is 3.24 Å². The van der Waals surface area contributed by atoms with Gasteiger partial charge in [0.2, 0.25) is 0 Å². The van der Waals surface area contributed by atoms with Gasteiger partial charge in [-0.1, -0.05) is 244 Å². The van der Waals surface area contributed by atoms with E-state index in [1.807, 2.05) is 0 Å². The second-order valence-corrected chi connectivity index (χ2v) is 22.6. The smallest absolute Gasteiger partial charge is 0.0714 e. The molecule has 69 heavy (non-hydrogen) atoms. The van der Waals surface area contributed by atoms with Gasteiger partial charge in [-0.05, 0) is 136 Å². The van der Waals surface area contributed by atoms with Gasteiger partial charge in [-0.15, -0.1) is 0 Å². The molecule has 1 nitrogen and oxygen atoms in total. The summed E-state index contributed by atoms with van der Waals surface area (Å²) < 4.78 is 0. The maximum atomic E-state index is 2.52. The molecule has 0 bridgehead atoms. The SMILES string of the molecule is CC(C)(C)c1ccc(C2(c3ccccc3)c3ccccc3-c3ccc(N(c4ccccc4)c4ccc5c(c4)C(c4cccc(C(C)(C)C)c4)(c4cccc(C(C)(C)C)c4)c4ccccc4-5)cc32)cc1. The molecule has 0 N–H and O–H groups in total. The fraction of sp³-hybridized carbons (Fsp3) is 0.206. The van der Waals surface area contributed by atoms with Crippen LogP contribution in [-0.4, -0.2) is 0 Å². The molecular formula is C68H63N. The van der Waals surface area contributed by atoms with Gasteiger partial charge in [-0.25, -0.2) is 0 Å². The zero-order valence-electron chi connectivity index (χ0n) is 41.7. The van der Waals surface area contributed by atoms with Crippen molar-refractivity contribution in [1.29, 1.82) is 0 Å². The molecule has 1 unspecified atom stereocenters. The lowest BCUT2D eigenvalue weighted by atomic mass is 9.66. The van der Waals surface area contributed by atoms with Crippen molar-refractivity contribution in [2.24, 2.45) is 0 Å². The Morgan fingerprint density at radius 2 is 0.638 bits per heavy atom. The van der Waals surface area contributed by atoms with Gasteiger partial charge in [0.25, 0.3) is 0 Å². The van der Waals surface area contributed by atoms with Gasteiger partial charge >= 0.3 is 0 Å². The highest BCUT2D eigenvalue weighted by molar-refractivity contribution is 5.92. The summed E-state index contributed by atoms with van der Waals surface area (Å²) in [6, 6.07) is 83.3. The van der Waals surface area contributed by atoms with Crippen molar-refractivity contribution in [3.8, 4) is 22.3 Å². The van der Waals surface area contributed by atoms with Crippen LogP contribution in [0, 0.1) is 0 Å². The molecule has 9 aromatic carbocycles. The van der Waals surface area contributed by atoms with Crippen molar-refractivity contribution in [2.75, 3.05) is 4.90 Å². The summed E-state index contributed by atoms with van der Waals surface area (Å²) in [6.45, 7) is 20.9. The molecule has 9 aromatic rings. The van der Waals surface area contributed by atoms with E-state index in [2.05, 4.69) is 286 Å². The molecule has 0 amide bonds. The standard InChI is InChI=1S/C68H63N/c1-64(2,3)46-34-36-48(37-35-46)67(47-22-12-10-13-23-47)60-32-18-16-30-56(60)58-40-38-54(44-62(58)67)69(53-28-14-11-15-29-53)55-39-41-59-57-31-17-19-33-61(57)68(63(59)45-55,51-26-20-24-49(42-51)65(4,5)6)52-27-21-25-50(43-52)66(7,8)9/h10-45H,1-9H3. The Kier molecular flexibility index (Phi) is 10.4. The highest BCUT2D eigenvalue weighted by atomic mass is 15.1. The Balaban J connectivity index is 1.19. The minimum atomic E-state index is -0.589. The molecule has 0 fully saturated rings. The predicted molar refractivity (Wildman–Crippen MR) is 292 cm³/mol. The maximum Gasteiger partial charge on any atom is 0.0714 e. The number of fused-ring (bicyclic) bond motifs is 6. The molecule has 0 aliphatic heterocycles. The fourth-order valence-corrected chi connectivity index (χ4v) is 11.8. The summed E-state index contributed by atoms with van der Waals surface area (Å²) in [5.74, 6) is 0. The molecule has 340 valence electrons. The lowest BCUT2D eigenvalue weighted by molar-refractivity contribution is 0.585. The molecule has 11 rings (SSSR count). The highest BCUT2D eigenvalue weighted by Crippen LogP contribution is 2.60. The van der Waals surface area contributed by atoms with E-state index in [0.29, 0.717) is 0 Å². The van der Waals surface area contributed by atoms with Crippen LogP contribution in [0.4, 0.5) is 17.1 Å². The molecular weight excluding hydrogens is 831 g/mol. The number of anilines is 3. The first kappa shape index (κ1) is 44.3. The number of benzene rings is 9. The van der Waals surface area contributed by atoms with Crippen molar-refractivity contribution in [2.45, 2.75) is 89.4 Å². The van der Waals surface area contributed by atoms with Crippen molar-refractivity contribution in [3.05, 3.63) is 280 Å². The second-order valence-electron chi connectivity index (χ2n) is 22.6. The van der Waals surface area contributed by atoms with Gasteiger partial charge in [0.15, 0.2) is 0 Å². The fourth-order valence-electron chi connectivity index (χ4n) is 11.8. The summed E-state index contributed by atoms with van der Waals surface area (Å²) in [4.78, 5) is 2.49. The first-order valence-electron chi connectivity index (χ1n) is 24.8. The summed E-state index contributed by atoms with van der Waals surface area (Å²) in [5.41, 5.74) is 21.6. The van der Waals surface area contributed by atoms with Crippen LogP contribution in [0.3, 0.4) is 0 Å². The first-order chi connectivity index (χ1) is 33.1. The van der Waals surface area contributed by atoms with Crippen LogP contribution in [0.25, 0.3) is 22.3 Å². The van der Waals surface area contributed by atoms with Gasteiger partial charge in [-0.2, -0.15) is 0 Å².